The lowest BCUT2D eigenvalue weighted by Crippen LogP contribution is -2.45. The number of aryl methyl sites for hydroxylation is 1. The Labute approximate surface area is 120 Å². The maximum atomic E-state index is 12.2. The maximum Gasteiger partial charge on any atom is 0.253 e. The van der Waals surface area contributed by atoms with Crippen LogP contribution in [0.2, 0.25) is 0 Å². The van der Waals surface area contributed by atoms with E-state index >= 15 is 0 Å². The quantitative estimate of drug-likeness (QED) is 0.868. The van der Waals surface area contributed by atoms with Crippen molar-refractivity contribution in [2.24, 2.45) is 5.73 Å². The van der Waals surface area contributed by atoms with E-state index in [0.717, 1.165) is 30.5 Å². The molecule has 4 nitrogen and oxygen atoms in total. The van der Waals surface area contributed by atoms with Crippen LogP contribution in [0.15, 0.2) is 24.3 Å². The number of fused-ring (bicyclic) bond motifs is 1. The van der Waals surface area contributed by atoms with Crippen LogP contribution < -0.4 is 11.1 Å². The number of carbonyl (C=O) groups excluding carboxylic acids is 1. The van der Waals surface area contributed by atoms with Gasteiger partial charge >= 0.3 is 0 Å². The summed E-state index contributed by atoms with van der Waals surface area (Å²) in [6, 6.07) is 7.90. The Morgan fingerprint density at radius 3 is 2.75 bits per heavy atom. The molecule has 4 heteroatoms. The highest BCUT2D eigenvalue weighted by Gasteiger charge is 2.28. The van der Waals surface area contributed by atoms with Crippen LogP contribution in [-0.2, 0) is 16.0 Å². The van der Waals surface area contributed by atoms with Gasteiger partial charge in [0.15, 0.2) is 0 Å². The van der Waals surface area contributed by atoms with Crippen LogP contribution in [-0.4, -0.2) is 24.2 Å². The Bertz CT molecular complexity index is 469. The van der Waals surface area contributed by atoms with E-state index in [9.17, 15) is 4.79 Å². The van der Waals surface area contributed by atoms with Gasteiger partial charge in [-0.3, -0.25) is 4.79 Å². The van der Waals surface area contributed by atoms with Gasteiger partial charge in [-0.05, 0) is 37.3 Å². The smallest absolute Gasteiger partial charge is 0.253 e. The first kappa shape index (κ1) is 15.0. The third kappa shape index (κ3) is 3.38. The molecule has 3 N–H and O–H groups in total. The minimum atomic E-state index is -0.413. The van der Waals surface area contributed by atoms with Crippen LogP contribution in [0.4, 0.5) is 5.69 Å². The van der Waals surface area contributed by atoms with E-state index in [4.69, 9.17) is 10.5 Å². The first-order chi connectivity index (χ1) is 9.58. The van der Waals surface area contributed by atoms with Crippen molar-refractivity contribution in [1.82, 2.24) is 0 Å². The summed E-state index contributed by atoms with van der Waals surface area (Å²) < 4.78 is 5.82. The molecular formula is C16H24N2O2. The predicted molar refractivity (Wildman–Crippen MR) is 80.6 cm³/mol. The van der Waals surface area contributed by atoms with Crippen LogP contribution in [0.1, 0.15) is 38.7 Å². The molecule has 0 radical (unpaired) electrons. The van der Waals surface area contributed by atoms with E-state index in [1.165, 1.54) is 0 Å². The highest BCUT2D eigenvalue weighted by molar-refractivity contribution is 5.95. The average molecular weight is 276 g/mol. The zero-order valence-electron chi connectivity index (χ0n) is 12.3. The molecule has 1 heterocycles. The monoisotopic (exact) mass is 276 g/mol. The summed E-state index contributed by atoms with van der Waals surface area (Å²) in [5.41, 5.74) is 7.95. The van der Waals surface area contributed by atoms with E-state index in [1.807, 2.05) is 24.3 Å². The molecular weight excluding hydrogens is 252 g/mol. The number of benzene rings is 1. The second-order valence-electron chi connectivity index (χ2n) is 5.55. The molecule has 1 atom stereocenters. The number of amides is 1. The molecule has 1 amide bonds. The van der Waals surface area contributed by atoms with E-state index < -0.39 is 6.10 Å². The Morgan fingerprint density at radius 1 is 1.35 bits per heavy atom. The first-order valence-electron chi connectivity index (χ1n) is 7.37. The number of anilines is 1. The summed E-state index contributed by atoms with van der Waals surface area (Å²) in [5, 5.41) is 2.94. The summed E-state index contributed by atoms with van der Waals surface area (Å²) in [6.07, 6.45) is 2.82. The molecule has 110 valence electrons. The molecule has 1 aromatic carbocycles. The first-order valence-corrected chi connectivity index (χ1v) is 7.37. The van der Waals surface area contributed by atoms with Crippen molar-refractivity contribution in [1.29, 1.82) is 0 Å². The number of hydrogen-bond acceptors (Lipinski definition) is 3. The zero-order valence-corrected chi connectivity index (χ0v) is 12.3. The third-order valence-corrected chi connectivity index (χ3v) is 4.22. The fraction of sp³-hybridized carbons (Fsp3) is 0.562. The molecule has 2 rings (SSSR count). The Balaban J connectivity index is 2.00. The zero-order chi connectivity index (χ0) is 14.6. The Morgan fingerprint density at radius 2 is 2.05 bits per heavy atom. The van der Waals surface area contributed by atoms with Gasteiger partial charge in [-0.15, -0.1) is 0 Å². The second kappa shape index (κ2) is 6.37. The molecule has 0 bridgehead atoms. The summed E-state index contributed by atoms with van der Waals surface area (Å²) in [7, 11) is 0. The van der Waals surface area contributed by atoms with Crippen LogP contribution in [0.3, 0.4) is 0 Å². The molecule has 1 unspecified atom stereocenters. The van der Waals surface area contributed by atoms with Gasteiger partial charge in [-0.2, -0.15) is 0 Å². The third-order valence-electron chi connectivity index (χ3n) is 4.22. The minimum absolute atomic E-state index is 0.0653. The van der Waals surface area contributed by atoms with Gasteiger partial charge < -0.3 is 15.8 Å². The number of carbonyl (C=O) groups is 1. The van der Waals surface area contributed by atoms with Crippen LogP contribution in [0.5, 0.6) is 0 Å². The molecule has 20 heavy (non-hydrogen) atoms. The molecule has 0 spiro atoms. The summed E-state index contributed by atoms with van der Waals surface area (Å²) in [4.78, 5) is 12.2. The fourth-order valence-electron chi connectivity index (χ4n) is 2.37. The maximum absolute atomic E-state index is 12.2. The van der Waals surface area contributed by atoms with Gasteiger partial charge in [0.05, 0.1) is 6.61 Å². The van der Waals surface area contributed by atoms with Crippen molar-refractivity contribution >= 4 is 11.6 Å². The molecule has 0 saturated heterocycles. The number of para-hydroxylation sites is 1. The van der Waals surface area contributed by atoms with Gasteiger partial charge in [-0.25, -0.2) is 0 Å². The van der Waals surface area contributed by atoms with Crippen molar-refractivity contribution in [3.05, 3.63) is 29.8 Å². The van der Waals surface area contributed by atoms with Crippen molar-refractivity contribution in [2.75, 3.05) is 11.9 Å². The molecule has 0 aromatic heterocycles. The van der Waals surface area contributed by atoms with Gasteiger partial charge in [0.25, 0.3) is 5.91 Å². The lowest BCUT2D eigenvalue weighted by Gasteiger charge is -2.28. The van der Waals surface area contributed by atoms with Gasteiger partial charge in [0, 0.05) is 11.2 Å². The van der Waals surface area contributed by atoms with Gasteiger partial charge in [0.1, 0.15) is 6.10 Å². The molecule has 1 aliphatic rings. The fourth-order valence-corrected chi connectivity index (χ4v) is 2.37. The summed E-state index contributed by atoms with van der Waals surface area (Å²) in [6.45, 7) is 4.53. The van der Waals surface area contributed by atoms with Crippen LogP contribution >= 0.6 is 0 Å². The molecule has 0 aliphatic carbocycles. The Kier molecular flexibility index (Phi) is 4.78. The second-order valence-corrected chi connectivity index (χ2v) is 5.55. The standard InChI is InChI=1S/C16H24N2O2/c1-3-16(17,4-2)11-20-14-10-9-12-7-5-6-8-13(12)18-15(14)19/h5-8,14H,3-4,9-11,17H2,1-2H3,(H,18,19). The van der Waals surface area contributed by atoms with Crippen molar-refractivity contribution < 1.29 is 9.53 Å². The summed E-state index contributed by atoms with van der Waals surface area (Å²) >= 11 is 0. The topological polar surface area (TPSA) is 64.3 Å². The minimum Gasteiger partial charge on any atom is -0.366 e. The van der Waals surface area contributed by atoms with Gasteiger partial charge in [-0.1, -0.05) is 32.0 Å². The molecule has 0 fully saturated rings. The number of nitrogens with two attached hydrogens (primary N) is 1. The largest absolute Gasteiger partial charge is 0.366 e. The lowest BCUT2D eigenvalue weighted by atomic mass is 9.95. The van der Waals surface area contributed by atoms with Gasteiger partial charge in [0.2, 0.25) is 0 Å². The normalized spacial score (nSPS) is 19.1. The number of hydrogen-bond donors (Lipinski definition) is 2. The van der Waals surface area contributed by atoms with E-state index in [-0.39, 0.29) is 11.4 Å². The SMILES string of the molecule is CCC(N)(CC)COC1CCc2ccccc2NC1=O. The van der Waals surface area contributed by atoms with E-state index in [0.29, 0.717) is 13.0 Å². The Hall–Kier alpha value is -1.39. The van der Waals surface area contributed by atoms with Crippen molar-refractivity contribution in [2.45, 2.75) is 51.2 Å². The highest BCUT2D eigenvalue weighted by Crippen LogP contribution is 2.23. The van der Waals surface area contributed by atoms with Crippen molar-refractivity contribution in [3.8, 4) is 0 Å². The summed E-state index contributed by atoms with van der Waals surface area (Å²) in [5.74, 6) is -0.0653. The molecule has 0 saturated carbocycles. The average Bonchev–Trinajstić information content (AvgIpc) is 2.63. The lowest BCUT2D eigenvalue weighted by molar-refractivity contribution is -0.128. The molecule has 1 aromatic rings. The van der Waals surface area contributed by atoms with Crippen LogP contribution in [0.25, 0.3) is 0 Å². The van der Waals surface area contributed by atoms with E-state index in [2.05, 4.69) is 19.2 Å². The predicted octanol–water partition coefficient (Wildman–Crippen LogP) is 2.47. The highest BCUT2D eigenvalue weighted by atomic mass is 16.5. The number of ether oxygens (including phenoxy) is 1. The number of nitrogens with one attached hydrogen (secondary N) is 1. The van der Waals surface area contributed by atoms with Crippen LogP contribution in [0, 0.1) is 0 Å². The number of rotatable bonds is 5. The molecule has 1 aliphatic heterocycles. The van der Waals surface area contributed by atoms with Crippen molar-refractivity contribution in [3.63, 3.8) is 0 Å². The van der Waals surface area contributed by atoms with E-state index in [1.54, 1.807) is 0 Å².